The SMILES string of the molecule is Cc1cc(/C=C(/C#N)S(=O)(=O)c2ccccc2)cc(C)c1O. The van der Waals surface area contributed by atoms with E-state index in [9.17, 15) is 18.8 Å². The lowest BCUT2D eigenvalue weighted by atomic mass is 10.1. The first kappa shape index (κ1) is 15.8. The van der Waals surface area contributed by atoms with Gasteiger partial charge in [0.15, 0.2) is 0 Å². The lowest BCUT2D eigenvalue weighted by Crippen LogP contribution is -2.03. The van der Waals surface area contributed by atoms with Gasteiger partial charge in [-0.2, -0.15) is 5.26 Å². The third-order valence-electron chi connectivity index (χ3n) is 3.26. The van der Waals surface area contributed by atoms with Crippen LogP contribution in [0.15, 0.2) is 52.3 Å². The minimum absolute atomic E-state index is 0.0787. The normalized spacial score (nSPS) is 12.0. The first-order chi connectivity index (χ1) is 10.4. The lowest BCUT2D eigenvalue weighted by molar-refractivity contribution is 0.467. The second-order valence-corrected chi connectivity index (χ2v) is 6.86. The van der Waals surface area contributed by atoms with E-state index in [4.69, 9.17) is 0 Å². The molecule has 0 bridgehead atoms. The van der Waals surface area contributed by atoms with Gasteiger partial charge in [0, 0.05) is 0 Å². The number of aromatic hydroxyl groups is 1. The number of phenolic OH excluding ortho intramolecular Hbond substituents is 1. The molecule has 4 nitrogen and oxygen atoms in total. The van der Waals surface area contributed by atoms with Crippen LogP contribution in [0.5, 0.6) is 5.75 Å². The second kappa shape index (κ2) is 6.04. The maximum absolute atomic E-state index is 12.5. The van der Waals surface area contributed by atoms with Crippen LogP contribution < -0.4 is 0 Å². The van der Waals surface area contributed by atoms with Crippen molar-refractivity contribution in [3.05, 3.63) is 64.1 Å². The van der Waals surface area contributed by atoms with Crippen molar-refractivity contribution in [2.75, 3.05) is 0 Å². The molecule has 1 N–H and O–H groups in total. The number of allylic oxidation sites excluding steroid dienone is 1. The summed E-state index contributed by atoms with van der Waals surface area (Å²) in [7, 11) is -3.85. The largest absolute Gasteiger partial charge is 0.507 e. The fraction of sp³-hybridized carbons (Fsp3) is 0.118. The smallest absolute Gasteiger partial charge is 0.216 e. The highest BCUT2D eigenvalue weighted by Crippen LogP contribution is 2.26. The highest BCUT2D eigenvalue weighted by molar-refractivity contribution is 7.95. The number of nitrogens with zero attached hydrogens (tertiary/aromatic N) is 1. The van der Waals surface area contributed by atoms with Gasteiger partial charge in [-0.1, -0.05) is 18.2 Å². The number of sulfone groups is 1. The van der Waals surface area contributed by atoms with Gasteiger partial charge in [-0.05, 0) is 60.9 Å². The van der Waals surface area contributed by atoms with E-state index in [-0.39, 0.29) is 15.6 Å². The Labute approximate surface area is 129 Å². The Morgan fingerprint density at radius 3 is 2.18 bits per heavy atom. The highest BCUT2D eigenvalue weighted by atomic mass is 32.2. The number of hydrogen-bond acceptors (Lipinski definition) is 4. The molecule has 2 rings (SSSR count). The average Bonchev–Trinajstić information content (AvgIpc) is 2.50. The second-order valence-electron chi connectivity index (χ2n) is 4.94. The van der Waals surface area contributed by atoms with E-state index >= 15 is 0 Å². The van der Waals surface area contributed by atoms with Gasteiger partial charge < -0.3 is 5.11 Å². The van der Waals surface area contributed by atoms with Crippen LogP contribution in [0, 0.1) is 25.2 Å². The molecule has 0 amide bonds. The predicted molar refractivity (Wildman–Crippen MR) is 84.8 cm³/mol. The van der Waals surface area contributed by atoms with Gasteiger partial charge in [0.25, 0.3) is 0 Å². The number of phenols is 1. The molecule has 0 unspecified atom stereocenters. The van der Waals surface area contributed by atoms with Crippen molar-refractivity contribution in [1.82, 2.24) is 0 Å². The third kappa shape index (κ3) is 3.02. The first-order valence-corrected chi connectivity index (χ1v) is 8.06. The summed E-state index contributed by atoms with van der Waals surface area (Å²) in [6, 6.07) is 12.9. The Balaban J connectivity index is 2.56. The van der Waals surface area contributed by atoms with Gasteiger partial charge >= 0.3 is 0 Å². The minimum atomic E-state index is -3.85. The van der Waals surface area contributed by atoms with E-state index in [2.05, 4.69) is 0 Å². The Kier molecular flexibility index (Phi) is 4.34. The zero-order valence-electron chi connectivity index (χ0n) is 12.2. The molecule has 22 heavy (non-hydrogen) atoms. The van der Waals surface area contributed by atoms with Crippen molar-refractivity contribution in [2.45, 2.75) is 18.7 Å². The molecule has 0 fully saturated rings. The maximum Gasteiger partial charge on any atom is 0.216 e. The monoisotopic (exact) mass is 313 g/mol. The molecular weight excluding hydrogens is 298 g/mol. The molecule has 112 valence electrons. The molecule has 0 heterocycles. The summed E-state index contributed by atoms with van der Waals surface area (Å²) in [5, 5.41) is 19.0. The van der Waals surface area contributed by atoms with E-state index in [1.165, 1.54) is 18.2 Å². The summed E-state index contributed by atoms with van der Waals surface area (Å²) in [5.41, 5.74) is 1.81. The molecule has 0 spiro atoms. The van der Waals surface area contributed by atoms with Crippen molar-refractivity contribution in [3.8, 4) is 11.8 Å². The molecule has 0 aromatic heterocycles. The predicted octanol–water partition coefficient (Wildman–Crippen LogP) is 3.35. The van der Waals surface area contributed by atoms with Gasteiger partial charge in [0.05, 0.1) is 4.90 Å². The van der Waals surface area contributed by atoms with Crippen LogP contribution in [-0.4, -0.2) is 13.5 Å². The maximum atomic E-state index is 12.5. The molecule has 0 saturated heterocycles. The summed E-state index contributed by atoms with van der Waals surface area (Å²) in [4.78, 5) is -0.252. The summed E-state index contributed by atoms with van der Waals surface area (Å²) in [5.74, 6) is 0.168. The van der Waals surface area contributed by atoms with Gasteiger partial charge in [-0.25, -0.2) is 8.42 Å². The van der Waals surface area contributed by atoms with Crippen LogP contribution in [0.4, 0.5) is 0 Å². The zero-order chi connectivity index (χ0) is 16.3. The van der Waals surface area contributed by atoms with Crippen molar-refractivity contribution in [3.63, 3.8) is 0 Å². The fourth-order valence-corrected chi connectivity index (χ4v) is 3.30. The van der Waals surface area contributed by atoms with Crippen molar-refractivity contribution in [2.24, 2.45) is 0 Å². The summed E-state index contributed by atoms with van der Waals surface area (Å²) in [6.45, 7) is 3.44. The molecule has 2 aromatic rings. The van der Waals surface area contributed by atoms with Crippen LogP contribution in [0.25, 0.3) is 6.08 Å². The molecule has 0 aliphatic carbocycles. The van der Waals surface area contributed by atoms with Crippen LogP contribution in [0.1, 0.15) is 16.7 Å². The van der Waals surface area contributed by atoms with Crippen LogP contribution >= 0.6 is 0 Å². The molecule has 0 radical (unpaired) electrons. The molecule has 5 heteroatoms. The molecule has 0 saturated carbocycles. The number of rotatable bonds is 3. The van der Waals surface area contributed by atoms with Crippen LogP contribution in [0.3, 0.4) is 0 Å². The number of aryl methyl sites for hydroxylation is 2. The van der Waals surface area contributed by atoms with Gasteiger partial charge in [0.1, 0.15) is 16.7 Å². The molecule has 2 aromatic carbocycles. The van der Waals surface area contributed by atoms with E-state index in [1.807, 2.05) is 0 Å². The number of benzene rings is 2. The molecule has 0 aliphatic rings. The number of nitriles is 1. The lowest BCUT2D eigenvalue weighted by Gasteiger charge is -2.06. The first-order valence-electron chi connectivity index (χ1n) is 6.58. The van der Waals surface area contributed by atoms with Gasteiger partial charge in [-0.15, -0.1) is 0 Å². The summed E-state index contributed by atoms with van der Waals surface area (Å²) >= 11 is 0. The van der Waals surface area contributed by atoms with Crippen LogP contribution in [0.2, 0.25) is 0 Å². The Hall–Kier alpha value is -2.58. The van der Waals surface area contributed by atoms with E-state index in [1.54, 1.807) is 50.2 Å². The van der Waals surface area contributed by atoms with Crippen molar-refractivity contribution < 1.29 is 13.5 Å². The van der Waals surface area contributed by atoms with E-state index in [0.29, 0.717) is 16.7 Å². The van der Waals surface area contributed by atoms with E-state index < -0.39 is 9.84 Å². The molecular formula is C17H15NO3S. The minimum Gasteiger partial charge on any atom is -0.507 e. The third-order valence-corrected chi connectivity index (χ3v) is 4.95. The zero-order valence-corrected chi connectivity index (χ0v) is 13.1. The quantitative estimate of drug-likeness (QED) is 0.881. The van der Waals surface area contributed by atoms with E-state index in [0.717, 1.165) is 0 Å². The van der Waals surface area contributed by atoms with Gasteiger partial charge in [-0.3, -0.25) is 0 Å². The molecule has 0 aliphatic heterocycles. The molecule has 0 atom stereocenters. The summed E-state index contributed by atoms with van der Waals surface area (Å²) in [6.07, 6.45) is 1.32. The Morgan fingerprint density at radius 1 is 1.14 bits per heavy atom. The standard InChI is InChI=1S/C17H15NO3S/c1-12-8-14(9-13(2)17(12)19)10-16(11-18)22(20,21)15-6-4-3-5-7-15/h3-10,19H,1-2H3/b16-10-. The van der Waals surface area contributed by atoms with Crippen molar-refractivity contribution >= 4 is 15.9 Å². The average molecular weight is 313 g/mol. The fourth-order valence-electron chi connectivity index (χ4n) is 2.12. The van der Waals surface area contributed by atoms with Crippen molar-refractivity contribution in [1.29, 1.82) is 5.26 Å². The Bertz CT molecular complexity index is 853. The highest BCUT2D eigenvalue weighted by Gasteiger charge is 2.20. The Morgan fingerprint density at radius 2 is 1.68 bits per heavy atom. The number of hydrogen-bond donors (Lipinski definition) is 1. The van der Waals surface area contributed by atoms with Gasteiger partial charge in [0.2, 0.25) is 9.84 Å². The van der Waals surface area contributed by atoms with Crippen LogP contribution in [-0.2, 0) is 9.84 Å². The topological polar surface area (TPSA) is 78.2 Å². The summed E-state index contributed by atoms with van der Waals surface area (Å²) < 4.78 is 24.9.